The number of hydrogen-bond acceptors (Lipinski definition) is 2. The molecule has 0 saturated carbocycles. The van der Waals surface area contributed by atoms with Crippen LogP contribution in [0.4, 0.5) is 0 Å². The molecule has 0 fully saturated rings. The minimum atomic E-state index is -0.0212. The largest absolute Gasteiger partial charge is 0.491 e. The summed E-state index contributed by atoms with van der Waals surface area (Å²) in [5, 5.41) is 3.00. The van der Waals surface area contributed by atoms with Crippen molar-refractivity contribution >= 4 is 5.91 Å². The fourth-order valence-corrected chi connectivity index (χ4v) is 2.67. The Kier molecular flexibility index (Phi) is 6.84. The maximum atomic E-state index is 12.1. The zero-order valence-corrected chi connectivity index (χ0v) is 16.6. The van der Waals surface area contributed by atoms with E-state index in [1.807, 2.05) is 38.1 Å². The third-order valence-corrected chi connectivity index (χ3v) is 4.39. The van der Waals surface area contributed by atoms with Gasteiger partial charge in [-0.25, -0.2) is 0 Å². The molecule has 26 heavy (non-hydrogen) atoms. The number of ether oxygens (including phenoxy) is 1. The van der Waals surface area contributed by atoms with Gasteiger partial charge in [0.15, 0.2) is 0 Å². The maximum Gasteiger partial charge on any atom is 0.220 e. The number of carbonyl (C=O) groups is 1. The van der Waals surface area contributed by atoms with Gasteiger partial charge in [0.2, 0.25) is 5.91 Å². The summed E-state index contributed by atoms with van der Waals surface area (Å²) in [6.07, 6.45) is 1.24. The van der Waals surface area contributed by atoms with Crippen LogP contribution >= 0.6 is 0 Å². The SMILES string of the molecule is Cc1ccc(OCC(C)NC(=O)CCc2ccc(C(C)(C)C)cc2)cc1. The van der Waals surface area contributed by atoms with E-state index in [2.05, 4.69) is 50.4 Å². The van der Waals surface area contributed by atoms with Crippen molar-refractivity contribution in [1.29, 1.82) is 0 Å². The first kappa shape index (κ1) is 20.0. The molecule has 0 aromatic heterocycles. The topological polar surface area (TPSA) is 38.3 Å². The predicted molar refractivity (Wildman–Crippen MR) is 108 cm³/mol. The molecule has 0 aliphatic heterocycles. The van der Waals surface area contributed by atoms with Crippen LogP contribution in [0.5, 0.6) is 5.75 Å². The summed E-state index contributed by atoms with van der Waals surface area (Å²) >= 11 is 0. The summed E-state index contributed by atoms with van der Waals surface area (Å²) < 4.78 is 5.72. The average Bonchev–Trinajstić information content (AvgIpc) is 2.59. The highest BCUT2D eigenvalue weighted by atomic mass is 16.5. The van der Waals surface area contributed by atoms with E-state index in [1.54, 1.807) is 0 Å². The van der Waals surface area contributed by atoms with Gasteiger partial charge in [-0.3, -0.25) is 4.79 Å². The normalized spacial score (nSPS) is 12.5. The zero-order valence-electron chi connectivity index (χ0n) is 16.6. The van der Waals surface area contributed by atoms with Gasteiger partial charge < -0.3 is 10.1 Å². The number of hydrogen-bond donors (Lipinski definition) is 1. The average molecular weight is 354 g/mol. The van der Waals surface area contributed by atoms with Crippen molar-refractivity contribution in [1.82, 2.24) is 5.32 Å². The van der Waals surface area contributed by atoms with Crippen molar-refractivity contribution in [2.45, 2.75) is 58.9 Å². The van der Waals surface area contributed by atoms with Crippen molar-refractivity contribution in [3.63, 3.8) is 0 Å². The van der Waals surface area contributed by atoms with Crippen LogP contribution in [0.1, 0.15) is 50.8 Å². The molecular formula is C23H31NO2. The second-order valence-electron chi connectivity index (χ2n) is 8.04. The van der Waals surface area contributed by atoms with Gasteiger partial charge in [0.25, 0.3) is 0 Å². The molecule has 0 spiro atoms. The summed E-state index contributed by atoms with van der Waals surface area (Å²) in [6, 6.07) is 16.5. The second kappa shape index (κ2) is 8.88. The van der Waals surface area contributed by atoms with Gasteiger partial charge in [-0.15, -0.1) is 0 Å². The molecule has 0 radical (unpaired) electrons. The van der Waals surface area contributed by atoms with E-state index >= 15 is 0 Å². The molecule has 2 aromatic carbocycles. The van der Waals surface area contributed by atoms with Gasteiger partial charge in [0.05, 0.1) is 6.04 Å². The Labute approximate surface area is 157 Å². The highest BCUT2D eigenvalue weighted by Crippen LogP contribution is 2.22. The van der Waals surface area contributed by atoms with Crippen LogP contribution in [0.25, 0.3) is 0 Å². The minimum absolute atomic E-state index is 0.0212. The van der Waals surface area contributed by atoms with Crippen LogP contribution in [0.2, 0.25) is 0 Å². The van der Waals surface area contributed by atoms with Gasteiger partial charge in [-0.2, -0.15) is 0 Å². The van der Waals surface area contributed by atoms with E-state index in [-0.39, 0.29) is 17.4 Å². The fourth-order valence-electron chi connectivity index (χ4n) is 2.67. The smallest absolute Gasteiger partial charge is 0.220 e. The molecule has 0 saturated heterocycles. The molecule has 1 unspecified atom stereocenters. The van der Waals surface area contributed by atoms with E-state index in [0.717, 1.165) is 12.2 Å². The summed E-state index contributed by atoms with van der Waals surface area (Å²) in [5.74, 6) is 0.889. The monoisotopic (exact) mass is 353 g/mol. The predicted octanol–water partition coefficient (Wildman–Crippen LogP) is 4.81. The van der Waals surface area contributed by atoms with Crippen LogP contribution in [0.3, 0.4) is 0 Å². The molecule has 140 valence electrons. The first-order valence-corrected chi connectivity index (χ1v) is 9.32. The van der Waals surface area contributed by atoms with Gasteiger partial charge in [-0.1, -0.05) is 62.7 Å². The van der Waals surface area contributed by atoms with Crippen LogP contribution in [0.15, 0.2) is 48.5 Å². The Morgan fingerprint density at radius 3 is 2.23 bits per heavy atom. The maximum absolute atomic E-state index is 12.1. The quantitative estimate of drug-likeness (QED) is 0.776. The first-order chi connectivity index (χ1) is 12.2. The van der Waals surface area contributed by atoms with Crippen molar-refractivity contribution in [2.75, 3.05) is 6.61 Å². The number of aryl methyl sites for hydroxylation is 2. The van der Waals surface area contributed by atoms with Gasteiger partial charge in [0.1, 0.15) is 12.4 Å². The lowest BCUT2D eigenvalue weighted by Gasteiger charge is -2.19. The molecular weight excluding hydrogens is 322 g/mol. The zero-order chi connectivity index (χ0) is 19.2. The molecule has 1 atom stereocenters. The van der Waals surface area contributed by atoms with E-state index < -0.39 is 0 Å². The van der Waals surface area contributed by atoms with Crippen LogP contribution in [0, 0.1) is 6.92 Å². The summed E-state index contributed by atoms with van der Waals surface area (Å²) in [7, 11) is 0. The summed E-state index contributed by atoms with van der Waals surface area (Å²) in [6.45, 7) is 11.1. The highest BCUT2D eigenvalue weighted by molar-refractivity contribution is 5.76. The Morgan fingerprint density at radius 1 is 1.04 bits per heavy atom. The Balaban J connectivity index is 1.73. The van der Waals surface area contributed by atoms with E-state index in [9.17, 15) is 4.79 Å². The number of benzene rings is 2. The molecule has 0 aliphatic rings. The lowest BCUT2D eigenvalue weighted by atomic mass is 9.86. The summed E-state index contributed by atoms with van der Waals surface area (Å²) in [4.78, 5) is 12.1. The molecule has 3 nitrogen and oxygen atoms in total. The molecule has 1 amide bonds. The lowest BCUT2D eigenvalue weighted by Crippen LogP contribution is -2.36. The number of amides is 1. The highest BCUT2D eigenvalue weighted by Gasteiger charge is 2.13. The van der Waals surface area contributed by atoms with Crippen LogP contribution in [-0.2, 0) is 16.6 Å². The second-order valence-corrected chi connectivity index (χ2v) is 8.04. The standard InChI is InChI=1S/C23H31NO2/c1-17-6-13-21(14-7-17)26-16-18(2)24-22(25)15-10-19-8-11-20(12-9-19)23(3,4)5/h6-9,11-14,18H,10,15-16H2,1-5H3,(H,24,25). The van der Waals surface area contributed by atoms with Crippen LogP contribution in [-0.4, -0.2) is 18.6 Å². The first-order valence-electron chi connectivity index (χ1n) is 9.32. The van der Waals surface area contributed by atoms with E-state index in [4.69, 9.17) is 4.74 Å². The molecule has 1 N–H and O–H groups in total. The van der Waals surface area contributed by atoms with Crippen molar-refractivity contribution in [3.8, 4) is 5.75 Å². The van der Waals surface area contributed by atoms with E-state index in [1.165, 1.54) is 16.7 Å². The Hall–Kier alpha value is -2.29. The van der Waals surface area contributed by atoms with Crippen LogP contribution < -0.4 is 10.1 Å². The summed E-state index contributed by atoms with van der Waals surface area (Å²) in [5.41, 5.74) is 3.86. The molecule has 2 aromatic rings. The molecule has 0 aliphatic carbocycles. The van der Waals surface area contributed by atoms with E-state index in [0.29, 0.717) is 13.0 Å². The van der Waals surface area contributed by atoms with Crippen molar-refractivity contribution in [2.24, 2.45) is 0 Å². The van der Waals surface area contributed by atoms with Crippen molar-refractivity contribution < 1.29 is 9.53 Å². The Bertz CT molecular complexity index is 696. The lowest BCUT2D eigenvalue weighted by molar-refractivity contribution is -0.121. The fraction of sp³-hybridized carbons (Fsp3) is 0.435. The number of carbonyl (C=O) groups excluding carboxylic acids is 1. The molecule has 2 rings (SSSR count). The third-order valence-electron chi connectivity index (χ3n) is 4.39. The van der Waals surface area contributed by atoms with Gasteiger partial charge in [-0.05, 0) is 48.9 Å². The molecule has 0 heterocycles. The Morgan fingerprint density at radius 2 is 1.65 bits per heavy atom. The third kappa shape index (κ3) is 6.55. The minimum Gasteiger partial charge on any atom is -0.491 e. The van der Waals surface area contributed by atoms with Gasteiger partial charge in [0, 0.05) is 6.42 Å². The van der Waals surface area contributed by atoms with Gasteiger partial charge >= 0.3 is 0 Å². The number of rotatable bonds is 7. The number of nitrogens with one attached hydrogen (secondary N) is 1. The molecule has 0 bridgehead atoms. The van der Waals surface area contributed by atoms with Crippen molar-refractivity contribution in [3.05, 3.63) is 65.2 Å². The molecule has 3 heteroatoms.